The van der Waals surface area contributed by atoms with Crippen LogP contribution in [-0.4, -0.2) is 24.5 Å². The molecule has 1 aromatic heterocycles. The fraction of sp³-hybridized carbons (Fsp3) is 0.667. The summed E-state index contributed by atoms with van der Waals surface area (Å²) in [6.45, 7) is 5.95. The normalized spacial score (nSPS) is 15.2. The van der Waals surface area contributed by atoms with Gasteiger partial charge in [0.1, 0.15) is 5.01 Å². The number of nitrogens with one attached hydrogen (secondary N) is 2. The van der Waals surface area contributed by atoms with E-state index in [1.165, 1.54) is 17.7 Å². The summed E-state index contributed by atoms with van der Waals surface area (Å²) in [5.74, 6) is 1.74. The van der Waals surface area contributed by atoms with Crippen LogP contribution in [0.25, 0.3) is 0 Å². The van der Waals surface area contributed by atoms with Crippen LogP contribution in [0.1, 0.15) is 28.4 Å². The third-order valence-corrected chi connectivity index (χ3v) is 4.03. The van der Waals surface area contributed by atoms with Gasteiger partial charge in [-0.05, 0) is 32.6 Å². The van der Waals surface area contributed by atoms with Crippen molar-refractivity contribution in [2.24, 2.45) is 10.9 Å². The molecule has 0 saturated heterocycles. The molecule has 1 aromatic rings. The van der Waals surface area contributed by atoms with Gasteiger partial charge >= 0.3 is 0 Å². The molecule has 0 aromatic carbocycles. The van der Waals surface area contributed by atoms with Crippen LogP contribution in [0.5, 0.6) is 0 Å². The Morgan fingerprint density at radius 2 is 2.11 bits per heavy atom. The SMILES string of the molecule is CN=C(NCc1nc(C)c(C)s1)NCC1CC1.I. The molecule has 0 radical (unpaired) electrons. The van der Waals surface area contributed by atoms with Gasteiger partial charge in [-0.1, -0.05) is 0 Å². The second-order valence-electron chi connectivity index (χ2n) is 4.50. The molecule has 2 rings (SSSR count). The molecule has 6 heteroatoms. The Kier molecular flexibility index (Phi) is 6.34. The molecule has 0 aliphatic heterocycles. The van der Waals surface area contributed by atoms with Gasteiger partial charge in [-0.25, -0.2) is 4.98 Å². The first kappa shape index (κ1) is 15.7. The average Bonchev–Trinajstić information content (AvgIpc) is 3.07. The molecule has 0 unspecified atom stereocenters. The summed E-state index contributed by atoms with van der Waals surface area (Å²) in [6, 6.07) is 0. The molecular weight excluding hydrogens is 359 g/mol. The summed E-state index contributed by atoms with van der Waals surface area (Å²) in [5.41, 5.74) is 1.13. The number of nitrogens with zero attached hydrogens (tertiary/aromatic N) is 2. The van der Waals surface area contributed by atoms with Crippen molar-refractivity contribution in [2.75, 3.05) is 13.6 Å². The summed E-state index contributed by atoms with van der Waals surface area (Å²) in [4.78, 5) is 9.99. The number of thiazole rings is 1. The Labute approximate surface area is 130 Å². The first-order valence-electron chi connectivity index (χ1n) is 6.06. The van der Waals surface area contributed by atoms with E-state index in [1.807, 2.05) is 0 Å². The van der Waals surface area contributed by atoms with Gasteiger partial charge in [0.15, 0.2) is 5.96 Å². The van der Waals surface area contributed by atoms with Crippen molar-refractivity contribution in [3.63, 3.8) is 0 Å². The van der Waals surface area contributed by atoms with Crippen LogP contribution in [0.3, 0.4) is 0 Å². The van der Waals surface area contributed by atoms with E-state index < -0.39 is 0 Å². The molecule has 1 saturated carbocycles. The lowest BCUT2D eigenvalue weighted by Gasteiger charge is -2.09. The predicted molar refractivity (Wildman–Crippen MR) is 87.9 cm³/mol. The maximum absolute atomic E-state index is 4.50. The van der Waals surface area contributed by atoms with Crippen molar-refractivity contribution in [1.29, 1.82) is 0 Å². The number of aliphatic imine (C=N–C) groups is 1. The molecule has 1 aliphatic rings. The highest BCUT2D eigenvalue weighted by Gasteiger charge is 2.21. The van der Waals surface area contributed by atoms with Crippen molar-refractivity contribution in [2.45, 2.75) is 33.2 Å². The summed E-state index contributed by atoms with van der Waals surface area (Å²) < 4.78 is 0. The van der Waals surface area contributed by atoms with E-state index >= 15 is 0 Å². The molecular formula is C12H21IN4S. The lowest BCUT2D eigenvalue weighted by molar-refractivity contribution is 0.736. The Morgan fingerprint density at radius 3 is 2.61 bits per heavy atom. The van der Waals surface area contributed by atoms with Crippen LogP contribution in [0.4, 0.5) is 0 Å². The molecule has 0 spiro atoms. The van der Waals surface area contributed by atoms with Crippen molar-refractivity contribution in [1.82, 2.24) is 15.6 Å². The van der Waals surface area contributed by atoms with Gasteiger partial charge < -0.3 is 10.6 Å². The lowest BCUT2D eigenvalue weighted by Crippen LogP contribution is -2.37. The zero-order valence-corrected chi connectivity index (χ0v) is 14.3. The van der Waals surface area contributed by atoms with Gasteiger partial charge in [0.2, 0.25) is 0 Å². The molecule has 0 atom stereocenters. The van der Waals surface area contributed by atoms with Gasteiger partial charge in [0.05, 0.1) is 12.2 Å². The monoisotopic (exact) mass is 380 g/mol. The van der Waals surface area contributed by atoms with E-state index in [-0.39, 0.29) is 24.0 Å². The Hall–Kier alpha value is -0.370. The number of hydrogen-bond donors (Lipinski definition) is 2. The smallest absolute Gasteiger partial charge is 0.191 e. The maximum atomic E-state index is 4.50. The zero-order valence-electron chi connectivity index (χ0n) is 11.1. The highest BCUT2D eigenvalue weighted by atomic mass is 127. The number of aromatic nitrogens is 1. The largest absolute Gasteiger partial charge is 0.356 e. The average molecular weight is 380 g/mol. The van der Waals surface area contributed by atoms with Gasteiger partial charge in [-0.3, -0.25) is 4.99 Å². The molecule has 2 N–H and O–H groups in total. The summed E-state index contributed by atoms with van der Waals surface area (Å²) in [6.07, 6.45) is 2.71. The highest BCUT2D eigenvalue weighted by molar-refractivity contribution is 14.0. The Morgan fingerprint density at radius 1 is 1.39 bits per heavy atom. The van der Waals surface area contributed by atoms with Gasteiger partial charge in [-0.2, -0.15) is 0 Å². The second kappa shape index (κ2) is 7.28. The van der Waals surface area contributed by atoms with E-state index in [2.05, 4.69) is 34.5 Å². The van der Waals surface area contributed by atoms with Gasteiger partial charge in [-0.15, -0.1) is 35.3 Å². The number of rotatable bonds is 4. The van der Waals surface area contributed by atoms with Crippen LogP contribution in [-0.2, 0) is 6.54 Å². The molecule has 1 fully saturated rings. The number of aryl methyl sites for hydroxylation is 2. The van der Waals surface area contributed by atoms with Gasteiger partial charge in [0.25, 0.3) is 0 Å². The summed E-state index contributed by atoms with van der Waals surface area (Å²) in [5, 5.41) is 7.75. The highest BCUT2D eigenvalue weighted by Crippen LogP contribution is 2.27. The first-order valence-corrected chi connectivity index (χ1v) is 6.88. The lowest BCUT2D eigenvalue weighted by atomic mass is 10.4. The van der Waals surface area contributed by atoms with Crippen molar-refractivity contribution in [3.8, 4) is 0 Å². The summed E-state index contributed by atoms with van der Waals surface area (Å²) >= 11 is 1.75. The molecule has 1 aliphatic carbocycles. The third-order valence-electron chi connectivity index (χ3n) is 2.96. The zero-order chi connectivity index (χ0) is 12.3. The van der Waals surface area contributed by atoms with Crippen LogP contribution in [0.2, 0.25) is 0 Å². The standard InChI is InChI=1S/C12H20N4S.HI/c1-8-9(2)17-11(16-8)7-15-12(13-3)14-6-10-4-5-10;/h10H,4-7H2,1-3H3,(H2,13,14,15);1H. The minimum absolute atomic E-state index is 0. The fourth-order valence-electron chi connectivity index (χ4n) is 1.56. The van der Waals surface area contributed by atoms with E-state index in [9.17, 15) is 0 Å². The maximum Gasteiger partial charge on any atom is 0.191 e. The Balaban J connectivity index is 0.00000162. The molecule has 0 amide bonds. The molecule has 0 bridgehead atoms. The molecule has 18 heavy (non-hydrogen) atoms. The number of guanidine groups is 1. The predicted octanol–water partition coefficient (Wildman–Crippen LogP) is 2.45. The van der Waals surface area contributed by atoms with Crippen LogP contribution < -0.4 is 10.6 Å². The number of halogens is 1. The van der Waals surface area contributed by atoms with Crippen LogP contribution in [0.15, 0.2) is 4.99 Å². The van der Waals surface area contributed by atoms with Crippen molar-refractivity contribution in [3.05, 3.63) is 15.6 Å². The van der Waals surface area contributed by atoms with Crippen LogP contribution in [0, 0.1) is 19.8 Å². The van der Waals surface area contributed by atoms with E-state index in [4.69, 9.17) is 0 Å². The fourth-order valence-corrected chi connectivity index (χ4v) is 2.43. The third kappa shape index (κ3) is 4.72. The minimum atomic E-state index is 0. The topological polar surface area (TPSA) is 49.3 Å². The number of hydrogen-bond acceptors (Lipinski definition) is 3. The second-order valence-corrected chi connectivity index (χ2v) is 5.79. The molecule has 102 valence electrons. The first-order chi connectivity index (χ1) is 8.19. The molecule has 4 nitrogen and oxygen atoms in total. The van der Waals surface area contributed by atoms with E-state index in [0.29, 0.717) is 0 Å². The van der Waals surface area contributed by atoms with E-state index in [0.717, 1.165) is 35.7 Å². The quantitative estimate of drug-likeness (QED) is 0.479. The molecule has 1 heterocycles. The summed E-state index contributed by atoms with van der Waals surface area (Å²) in [7, 11) is 1.81. The van der Waals surface area contributed by atoms with Crippen molar-refractivity contribution >= 4 is 41.3 Å². The van der Waals surface area contributed by atoms with Gasteiger partial charge in [0, 0.05) is 18.5 Å². The van der Waals surface area contributed by atoms with E-state index in [1.54, 1.807) is 18.4 Å². The Bertz CT molecular complexity index is 393. The van der Waals surface area contributed by atoms with Crippen LogP contribution >= 0.6 is 35.3 Å². The minimum Gasteiger partial charge on any atom is -0.356 e. The van der Waals surface area contributed by atoms with Crippen molar-refractivity contribution < 1.29 is 0 Å².